The lowest BCUT2D eigenvalue weighted by Gasteiger charge is -2.07. The van der Waals surface area contributed by atoms with Gasteiger partial charge < -0.3 is 10.2 Å². The van der Waals surface area contributed by atoms with Crippen LogP contribution in [0.3, 0.4) is 0 Å². The van der Waals surface area contributed by atoms with Crippen LogP contribution in [0.15, 0.2) is 105 Å². The SMILES string of the molecule is O=S(=O)(O)c1cc(N=Cc2ccc(O)cc2)ccc1/C=C/c1ccc(N=Cc2ccc(O)cc2)cc1S(=O)(=O)O. The Morgan fingerprint density at radius 1 is 0.525 bits per heavy atom. The maximum atomic E-state index is 12.1. The van der Waals surface area contributed by atoms with Crippen LogP contribution in [-0.4, -0.2) is 48.6 Å². The van der Waals surface area contributed by atoms with Gasteiger partial charge in [-0.15, -0.1) is 0 Å². The molecule has 4 aromatic rings. The minimum absolute atomic E-state index is 0.0433. The van der Waals surface area contributed by atoms with Crippen LogP contribution in [0.2, 0.25) is 0 Å². The molecule has 10 nitrogen and oxygen atoms in total. The van der Waals surface area contributed by atoms with Crippen molar-refractivity contribution in [2.45, 2.75) is 9.79 Å². The Hall–Kier alpha value is -4.62. The number of phenols is 2. The predicted octanol–water partition coefficient (Wildman–Crippen LogP) is 5.26. The van der Waals surface area contributed by atoms with Gasteiger partial charge in [-0.25, -0.2) is 0 Å². The number of phenolic OH excluding ortho intramolecular Hbond substituents is 2. The third kappa shape index (κ3) is 7.48. The van der Waals surface area contributed by atoms with Crippen molar-refractivity contribution in [2.75, 3.05) is 0 Å². The third-order valence-electron chi connectivity index (χ3n) is 5.50. The molecule has 0 heterocycles. The molecule has 204 valence electrons. The van der Waals surface area contributed by atoms with Gasteiger partial charge in [-0.2, -0.15) is 16.8 Å². The van der Waals surface area contributed by atoms with Gasteiger partial charge >= 0.3 is 0 Å². The van der Waals surface area contributed by atoms with E-state index in [1.54, 1.807) is 24.3 Å². The first-order chi connectivity index (χ1) is 18.9. The smallest absolute Gasteiger partial charge is 0.295 e. The molecule has 12 heteroatoms. The molecule has 0 saturated carbocycles. The number of aliphatic imine (C=N–C) groups is 2. The van der Waals surface area contributed by atoms with Crippen molar-refractivity contribution in [3.05, 3.63) is 107 Å². The average molecular weight is 579 g/mol. The van der Waals surface area contributed by atoms with Crippen LogP contribution in [-0.2, 0) is 20.2 Å². The number of aromatic hydroxyl groups is 2. The van der Waals surface area contributed by atoms with Crippen molar-refractivity contribution in [1.82, 2.24) is 0 Å². The summed E-state index contributed by atoms with van der Waals surface area (Å²) in [4.78, 5) is 7.46. The van der Waals surface area contributed by atoms with Gasteiger partial charge in [-0.05, 0) is 95.1 Å². The highest BCUT2D eigenvalue weighted by atomic mass is 32.2. The monoisotopic (exact) mass is 578 g/mol. The highest BCUT2D eigenvalue weighted by molar-refractivity contribution is 7.86. The molecular weight excluding hydrogens is 556 g/mol. The molecule has 0 amide bonds. The Morgan fingerprint density at radius 2 is 0.875 bits per heavy atom. The van der Waals surface area contributed by atoms with Crippen molar-refractivity contribution < 1.29 is 36.2 Å². The standard InChI is InChI=1S/C28H22N2O8S2/c31-25-11-1-19(2-12-25)17-29-23-9-7-21(27(15-23)39(33,34)35)5-6-22-8-10-24(16-28(22)40(36,37)38)30-18-20-3-13-26(32)14-4-20/h1-18,31-32H,(H,33,34,35)(H,36,37,38)/b6-5+,29-17?,30-18?. The Morgan fingerprint density at radius 3 is 1.20 bits per heavy atom. The molecule has 0 aliphatic rings. The Labute approximate surface area is 230 Å². The molecule has 0 spiro atoms. The molecule has 0 unspecified atom stereocenters. The third-order valence-corrected chi connectivity index (χ3v) is 7.32. The summed E-state index contributed by atoms with van der Waals surface area (Å²) in [6, 6.07) is 20.4. The van der Waals surface area contributed by atoms with E-state index in [2.05, 4.69) is 9.98 Å². The molecule has 4 aromatic carbocycles. The van der Waals surface area contributed by atoms with Crippen LogP contribution in [0.4, 0.5) is 11.4 Å². The van der Waals surface area contributed by atoms with E-state index >= 15 is 0 Å². The molecule has 0 atom stereocenters. The summed E-state index contributed by atoms with van der Waals surface area (Å²) in [6.45, 7) is 0. The fourth-order valence-electron chi connectivity index (χ4n) is 3.53. The van der Waals surface area contributed by atoms with Gasteiger partial charge in [0.25, 0.3) is 20.2 Å². The van der Waals surface area contributed by atoms with Crippen molar-refractivity contribution in [1.29, 1.82) is 0 Å². The summed E-state index contributed by atoms with van der Waals surface area (Å²) < 4.78 is 67.9. The zero-order valence-electron chi connectivity index (χ0n) is 20.5. The molecule has 0 radical (unpaired) electrons. The van der Waals surface area contributed by atoms with Crippen LogP contribution in [0.5, 0.6) is 11.5 Å². The van der Waals surface area contributed by atoms with Gasteiger partial charge in [0.05, 0.1) is 11.4 Å². The summed E-state index contributed by atoms with van der Waals surface area (Å²) in [5.41, 5.74) is 1.80. The quantitative estimate of drug-likeness (QED) is 0.124. The van der Waals surface area contributed by atoms with Gasteiger partial charge in [-0.3, -0.25) is 19.1 Å². The van der Waals surface area contributed by atoms with Crippen molar-refractivity contribution in [3.8, 4) is 11.5 Å². The van der Waals surface area contributed by atoms with E-state index in [-0.39, 0.29) is 34.0 Å². The molecule has 4 rings (SSSR count). The summed E-state index contributed by atoms with van der Waals surface area (Å²) in [7, 11) is -9.38. The van der Waals surface area contributed by atoms with Crippen molar-refractivity contribution in [3.63, 3.8) is 0 Å². The normalized spacial score (nSPS) is 12.6. The fourth-order valence-corrected chi connectivity index (χ4v) is 4.93. The molecular formula is C28H22N2O8S2. The van der Waals surface area contributed by atoms with Crippen molar-refractivity contribution in [2.24, 2.45) is 9.98 Å². The first-order valence-electron chi connectivity index (χ1n) is 11.5. The Bertz CT molecular complexity index is 1710. The average Bonchev–Trinajstić information content (AvgIpc) is 2.90. The number of hydrogen-bond donors (Lipinski definition) is 4. The van der Waals surface area contributed by atoms with Crippen LogP contribution >= 0.6 is 0 Å². The Kier molecular flexibility index (Phi) is 8.26. The second-order valence-corrected chi connectivity index (χ2v) is 11.2. The first-order valence-corrected chi connectivity index (χ1v) is 14.3. The lowest BCUT2D eigenvalue weighted by atomic mass is 10.1. The largest absolute Gasteiger partial charge is 0.508 e. The molecule has 40 heavy (non-hydrogen) atoms. The molecule has 0 aliphatic heterocycles. The van der Waals surface area contributed by atoms with Gasteiger partial charge in [0.1, 0.15) is 21.3 Å². The zero-order valence-corrected chi connectivity index (χ0v) is 22.2. The summed E-state index contributed by atoms with van der Waals surface area (Å²) in [6.07, 6.45) is 5.45. The van der Waals surface area contributed by atoms with E-state index in [1.807, 2.05) is 0 Å². The number of hydrogen-bond acceptors (Lipinski definition) is 8. The van der Waals surface area contributed by atoms with Crippen LogP contribution in [0.1, 0.15) is 22.3 Å². The van der Waals surface area contributed by atoms with E-state index in [9.17, 15) is 36.2 Å². The topological polar surface area (TPSA) is 174 Å². The lowest BCUT2D eigenvalue weighted by molar-refractivity contribution is 0.475. The maximum absolute atomic E-state index is 12.1. The lowest BCUT2D eigenvalue weighted by Crippen LogP contribution is -2.01. The maximum Gasteiger partial charge on any atom is 0.295 e. The van der Waals surface area contributed by atoms with E-state index < -0.39 is 30.0 Å². The van der Waals surface area contributed by atoms with Gasteiger partial charge in [-0.1, -0.05) is 24.3 Å². The minimum Gasteiger partial charge on any atom is -0.508 e. The summed E-state index contributed by atoms with van der Waals surface area (Å²) in [5, 5.41) is 18.8. The minimum atomic E-state index is -4.69. The van der Waals surface area contributed by atoms with E-state index in [0.717, 1.165) is 12.1 Å². The van der Waals surface area contributed by atoms with Crippen LogP contribution < -0.4 is 0 Å². The van der Waals surface area contributed by atoms with Gasteiger partial charge in [0, 0.05) is 12.4 Å². The number of rotatable bonds is 8. The Balaban J connectivity index is 1.66. The summed E-state index contributed by atoms with van der Waals surface area (Å²) >= 11 is 0. The predicted molar refractivity (Wildman–Crippen MR) is 152 cm³/mol. The highest BCUT2D eigenvalue weighted by Crippen LogP contribution is 2.28. The molecule has 0 bridgehead atoms. The van der Waals surface area contributed by atoms with Crippen molar-refractivity contribution >= 4 is 56.2 Å². The van der Waals surface area contributed by atoms with Crippen LogP contribution in [0, 0.1) is 0 Å². The summed E-state index contributed by atoms with van der Waals surface area (Å²) in [5.74, 6) is 0.158. The highest BCUT2D eigenvalue weighted by Gasteiger charge is 2.17. The number of nitrogens with zero attached hydrogens (tertiary/aromatic N) is 2. The zero-order chi connectivity index (χ0) is 28.9. The number of benzene rings is 4. The molecule has 0 aromatic heterocycles. The molecule has 0 fully saturated rings. The van der Waals surface area contributed by atoms with E-state index in [4.69, 9.17) is 0 Å². The van der Waals surface area contributed by atoms with E-state index in [0.29, 0.717) is 11.1 Å². The second kappa shape index (κ2) is 11.6. The van der Waals surface area contributed by atoms with Gasteiger partial charge in [0.15, 0.2) is 0 Å². The fraction of sp³-hybridized carbons (Fsp3) is 0. The molecule has 0 saturated heterocycles. The molecule has 4 N–H and O–H groups in total. The van der Waals surface area contributed by atoms with Gasteiger partial charge in [0.2, 0.25) is 0 Å². The van der Waals surface area contributed by atoms with E-state index in [1.165, 1.54) is 73.1 Å². The second-order valence-electron chi connectivity index (χ2n) is 8.43. The first kappa shape index (κ1) is 28.4. The van der Waals surface area contributed by atoms with Crippen LogP contribution in [0.25, 0.3) is 12.2 Å². The molecule has 0 aliphatic carbocycles.